The van der Waals surface area contributed by atoms with Gasteiger partial charge in [0.2, 0.25) is 0 Å². The number of halogens is 1. The first-order valence-corrected chi connectivity index (χ1v) is 2.58. The Kier molecular flexibility index (Phi) is 1.30. The summed E-state index contributed by atoms with van der Waals surface area (Å²) in [6.07, 6.45) is -0.155. The Labute approximate surface area is 46.4 Å². The molecule has 7 heavy (non-hydrogen) atoms. The fourth-order valence-corrected chi connectivity index (χ4v) is 0.492. The van der Waals surface area contributed by atoms with Gasteiger partial charge in [-0.2, -0.15) is 0 Å². The lowest BCUT2D eigenvalue weighted by Gasteiger charge is -1.79. The third-order valence-electron chi connectivity index (χ3n) is 0.824. The van der Waals surface area contributed by atoms with Gasteiger partial charge in [-0.05, 0) is 0 Å². The van der Waals surface area contributed by atoms with Gasteiger partial charge in [-0.15, -0.1) is 11.6 Å². The van der Waals surface area contributed by atoms with Gasteiger partial charge < -0.3 is 4.74 Å². The molecule has 0 N–H and O–H groups in total. The van der Waals surface area contributed by atoms with E-state index in [1.54, 1.807) is 0 Å². The van der Waals surface area contributed by atoms with Crippen LogP contribution in [-0.2, 0) is 9.53 Å². The molecule has 1 fully saturated rings. The van der Waals surface area contributed by atoms with Gasteiger partial charge in [0.05, 0.1) is 12.5 Å². The molecule has 0 aromatic carbocycles. The van der Waals surface area contributed by atoms with E-state index in [0.29, 0.717) is 6.61 Å². The van der Waals surface area contributed by atoms with E-state index >= 15 is 0 Å². The van der Waals surface area contributed by atoms with Gasteiger partial charge in [0.1, 0.15) is 6.10 Å². The maximum Gasteiger partial charge on any atom is 0.178 e. The SMILES string of the molecule is O=C(CCl)C1CO1. The highest BCUT2D eigenvalue weighted by Gasteiger charge is 2.29. The molecule has 0 aliphatic carbocycles. The molecule has 1 heterocycles. The van der Waals surface area contributed by atoms with Crippen LogP contribution >= 0.6 is 11.6 Å². The lowest BCUT2D eigenvalue weighted by atomic mass is 10.3. The van der Waals surface area contributed by atoms with Crippen molar-refractivity contribution in [3.63, 3.8) is 0 Å². The fraction of sp³-hybridized carbons (Fsp3) is 0.750. The molecule has 0 spiro atoms. The van der Waals surface area contributed by atoms with Crippen LogP contribution in [-0.4, -0.2) is 24.4 Å². The molecule has 1 saturated heterocycles. The predicted molar refractivity (Wildman–Crippen MR) is 25.5 cm³/mol. The number of hydrogen-bond donors (Lipinski definition) is 0. The van der Waals surface area contributed by atoms with Crippen LogP contribution < -0.4 is 0 Å². The normalized spacial score (nSPS) is 27.3. The highest BCUT2D eigenvalue weighted by atomic mass is 35.5. The zero-order valence-electron chi connectivity index (χ0n) is 3.69. The van der Waals surface area contributed by atoms with Crippen LogP contribution in [0.15, 0.2) is 0 Å². The van der Waals surface area contributed by atoms with Gasteiger partial charge in [0.15, 0.2) is 5.78 Å². The molecular weight excluding hydrogens is 115 g/mol. The van der Waals surface area contributed by atoms with Crippen LogP contribution in [0.1, 0.15) is 0 Å². The molecule has 1 aliphatic heterocycles. The van der Waals surface area contributed by atoms with Crippen molar-refractivity contribution in [1.82, 2.24) is 0 Å². The van der Waals surface area contributed by atoms with Crippen molar-refractivity contribution in [3.05, 3.63) is 0 Å². The zero-order chi connectivity index (χ0) is 5.28. The molecular formula is C4H5ClO2. The summed E-state index contributed by atoms with van der Waals surface area (Å²) in [5, 5.41) is 0. The summed E-state index contributed by atoms with van der Waals surface area (Å²) in [4.78, 5) is 10.3. The second-order valence-electron chi connectivity index (χ2n) is 1.42. The number of Topliss-reactive ketones (excluding diaryl/α,β-unsaturated/α-hetero) is 1. The van der Waals surface area contributed by atoms with Gasteiger partial charge in [-0.25, -0.2) is 0 Å². The first-order chi connectivity index (χ1) is 3.34. The minimum absolute atomic E-state index is 0.00154. The van der Waals surface area contributed by atoms with Gasteiger partial charge in [-0.3, -0.25) is 4.79 Å². The number of carbonyl (C=O) groups is 1. The van der Waals surface area contributed by atoms with Gasteiger partial charge in [0, 0.05) is 0 Å². The molecule has 1 atom stereocenters. The van der Waals surface area contributed by atoms with Gasteiger partial charge in [-0.1, -0.05) is 0 Å². The quantitative estimate of drug-likeness (QED) is 0.385. The molecule has 0 aromatic rings. The van der Waals surface area contributed by atoms with Crippen molar-refractivity contribution in [2.24, 2.45) is 0 Å². The van der Waals surface area contributed by atoms with E-state index in [-0.39, 0.29) is 17.8 Å². The van der Waals surface area contributed by atoms with Crippen molar-refractivity contribution in [1.29, 1.82) is 0 Å². The van der Waals surface area contributed by atoms with Crippen LogP contribution in [0.4, 0.5) is 0 Å². The number of ketones is 1. The van der Waals surface area contributed by atoms with Crippen LogP contribution in [0.3, 0.4) is 0 Å². The average molecular weight is 121 g/mol. The van der Waals surface area contributed by atoms with Crippen molar-refractivity contribution >= 4 is 17.4 Å². The topological polar surface area (TPSA) is 29.6 Å². The molecule has 0 bridgehead atoms. The predicted octanol–water partition coefficient (Wildman–Crippen LogP) is 0.193. The van der Waals surface area contributed by atoms with E-state index < -0.39 is 0 Å². The smallest absolute Gasteiger partial charge is 0.178 e. The first kappa shape index (κ1) is 5.06. The summed E-state index contributed by atoms with van der Waals surface area (Å²) in [7, 11) is 0. The molecule has 3 heteroatoms. The van der Waals surface area contributed by atoms with E-state index in [2.05, 4.69) is 4.74 Å². The lowest BCUT2D eigenvalue weighted by molar-refractivity contribution is -0.117. The summed E-state index contributed by atoms with van der Waals surface area (Å²) >= 11 is 5.16. The molecule has 0 radical (unpaired) electrons. The Bertz CT molecular complexity index is 87.7. The number of ether oxygens (including phenoxy) is 1. The minimum Gasteiger partial charge on any atom is -0.365 e. The average Bonchev–Trinajstić information content (AvgIpc) is 2.44. The zero-order valence-corrected chi connectivity index (χ0v) is 4.44. The van der Waals surface area contributed by atoms with Gasteiger partial charge in [0.25, 0.3) is 0 Å². The van der Waals surface area contributed by atoms with Crippen molar-refractivity contribution in [2.45, 2.75) is 6.10 Å². The molecule has 1 rings (SSSR count). The molecule has 2 nitrogen and oxygen atoms in total. The molecule has 40 valence electrons. The minimum atomic E-state index is -0.155. The fourth-order valence-electron chi connectivity index (χ4n) is 0.320. The molecule has 0 aromatic heterocycles. The largest absolute Gasteiger partial charge is 0.365 e. The van der Waals surface area contributed by atoms with Crippen LogP contribution in [0, 0.1) is 0 Å². The van der Waals surface area contributed by atoms with E-state index in [9.17, 15) is 4.79 Å². The third kappa shape index (κ3) is 1.14. The second-order valence-corrected chi connectivity index (χ2v) is 1.69. The third-order valence-corrected chi connectivity index (χ3v) is 1.09. The van der Waals surface area contributed by atoms with Crippen LogP contribution in [0.25, 0.3) is 0 Å². The number of hydrogen-bond acceptors (Lipinski definition) is 2. The molecule has 0 amide bonds. The standard InChI is InChI=1S/C4H5ClO2/c5-1-3(6)4-2-7-4/h4H,1-2H2. The summed E-state index contributed by atoms with van der Waals surface area (Å²) < 4.78 is 4.63. The van der Waals surface area contributed by atoms with E-state index in [0.717, 1.165) is 0 Å². The molecule has 1 unspecified atom stereocenters. The lowest BCUT2D eigenvalue weighted by Crippen LogP contribution is -2.06. The van der Waals surface area contributed by atoms with E-state index in [4.69, 9.17) is 11.6 Å². The summed E-state index contributed by atoms with van der Waals surface area (Å²) in [6.45, 7) is 0.575. The van der Waals surface area contributed by atoms with Crippen LogP contribution in [0.5, 0.6) is 0 Å². The highest BCUT2D eigenvalue weighted by molar-refractivity contribution is 6.28. The summed E-state index contributed by atoms with van der Waals surface area (Å²) in [5.41, 5.74) is 0. The Morgan fingerprint density at radius 2 is 2.57 bits per heavy atom. The monoisotopic (exact) mass is 120 g/mol. The molecule has 0 saturated carbocycles. The van der Waals surface area contributed by atoms with Crippen molar-refractivity contribution in [2.75, 3.05) is 12.5 Å². The van der Waals surface area contributed by atoms with Gasteiger partial charge >= 0.3 is 0 Å². The van der Waals surface area contributed by atoms with Crippen molar-refractivity contribution in [3.8, 4) is 0 Å². The maximum absolute atomic E-state index is 10.3. The van der Waals surface area contributed by atoms with Crippen LogP contribution in [0.2, 0.25) is 0 Å². The number of alkyl halides is 1. The Morgan fingerprint density at radius 1 is 2.00 bits per heavy atom. The van der Waals surface area contributed by atoms with E-state index in [1.807, 2.05) is 0 Å². The number of carbonyl (C=O) groups excluding carboxylic acids is 1. The summed E-state index contributed by atoms with van der Waals surface area (Å²) in [6, 6.07) is 0. The number of epoxide rings is 1. The Morgan fingerprint density at radius 3 is 2.71 bits per heavy atom. The summed E-state index contributed by atoms with van der Waals surface area (Å²) in [5.74, 6) is 0.0895. The number of rotatable bonds is 2. The van der Waals surface area contributed by atoms with Crippen molar-refractivity contribution < 1.29 is 9.53 Å². The Balaban J connectivity index is 2.24. The highest BCUT2D eigenvalue weighted by Crippen LogP contribution is 2.09. The first-order valence-electron chi connectivity index (χ1n) is 2.05. The maximum atomic E-state index is 10.3. The molecule has 1 aliphatic rings. The van der Waals surface area contributed by atoms with E-state index in [1.165, 1.54) is 0 Å². The Hall–Kier alpha value is -0.0800. The second kappa shape index (κ2) is 1.80.